The molecule has 0 saturated carbocycles. The maximum atomic E-state index is 8.74. The van der Waals surface area contributed by atoms with Crippen LogP contribution >= 0.6 is 0 Å². The maximum Gasteiger partial charge on any atom is 0.394 e. The van der Waals surface area contributed by atoms with Gasteiger partial charge in [-0.25, -0.2) is 0 Å². The second-order valence-corrected chi connectivity index (χ2v) is 4.21. The molecule has 0 rings (SSSR count). The molecule has 0 amide bonds. The average Bonchev–Trinajstić information content (AvgIpc) is 1.94. The van der Waals surface area contributed by atoms with Crippen molar-refractivity contribution in [1.82, 2.24) is 4.90 Å². The van der Waals surface area contributed by atoms with Crippen molar-refractivity contribution >= 4 is 10.4 Å². The van der Waals surface area contributed by atoms with E-state index in [-0.39, 0.29) is 0 Å². The summed E-state index contributed by atoms with van der Waals surface area (Å²) in [5.74, 6) is 0. The van der Waals surface area contributed by atoms with E-state index in [0.29, 0.717) is 0 Å². The molecule has 2 N–H and O–H groups in total. The predicted octanol–water partition coefficient (Wildman–Crippen LogP) is 1.48. The van der Waals surface area contributed by atoms with Crippen molar-refractivity contribution in [3.05, 3.63) is 0 Å². The number of nitrogens with zero attached hydrogens (tertiary/aromatic N) is 1. The van der Waals surface area contributed by atoms with Crippen LogP contribution < -0.4 is 0 Å². The van der Waals surface area contributed by atoms with Crippen molar-refractivity contribution in [3.63, 3.8) is 0 Å². The standard InChI is InChI=1S/C8H19N.H2O4S/c1-4-5-6-7-8-9(2)3;1-5(2,3)4/h4-8H2,1-3H3;(H2,1,2,3,4). The monoisotopic (exact) mass is 227 g/mol. The molecule has 0 bridgehead atoms. The fourth-order valence-corrected chi connectivity index (χ4v) is 0.855. The summed E-state index contributed by atoms with van der Waals surface area (Å²) in [5, 5.41) is 0. The second-order valence-electron chi connectivity index (χ2n) is 3.31. The quantitative estimate of drug-likeness (QED) is 0.549. The Hall–Kier alpha value is -0.170. The maximum absolute atomic E-state index is 8.74. The van der Waals surface area contributed by atoms with Crippen molar-refractivity contribution in [2.75, 3.05) is 20.6 Å². The van der Waals surface area contributed by atoms with Gasteiger partial charge in [-0.2, -0.15) is 8.42 Å². The predicted molar refractivity (Wildman–Crippen MR) is 56.9 cm³/mol. The molecule has 0 atom stereocenters. The summed E-state index contributed by atoms with van der Waals surface area (Å²) in [7, 11) is -0.405. The van der Waals surface area contributed by atoms with Crippen LogP contribution in [0.4, 0.5) is 0 Å². The Kier molecular flexibility index (Phi) is 10.9. The van der Waals surface area contributed by atoms with E-state index in [1.807, 2.05) is 0 Å². The van der Waals surface area contributed by atoms with Crippen LogP contribution in [0, 0.1) is 0 Å². The van der Waals surface area contributed by atoms with Gasteiger partial charge in [0.15, 0.2) is 0 Å². The first-order valence-corrected chi connectivity index (χ1v) is 6.01. The summed E-state index contributed by atoms with van der Waals surface area (Å²) >= 11 is 0. The van der Waals surface area contributed by atoms with E-state index in [1.54, 1.807) is 0 Å². The molecule has 88 valence electrons. The van der Waals surface area contributed by atoms with Gasteiger partial charge in [0, 0.05) is 0 Å². The second kappa shape index (κ2) is 9.39. The summed E-state index contributed by atoms with van der Waals surface area (Å²) in [5.41, 5.74) is 0. The third kappa shape index (κ3) is 40.8. The van der Waals surface area contributed by atoms with Crippen LogP contribution in [0.2, 0.25) is 0 Å². The normalized spacial score (nSPS) is 11.0. The van der Waals surface area contributed by atoms with Crippen LogP contribution in [0.15, 0.2) is 0 Å². The van der Waals surface area contributed by atoms with Gasteiger partial charge in [0.2, 0.25) is 0 Å². The Morgan fingerprint density at radius 1 is 1.07 bits per heavy atom. The molecule has 0 aliphatic carbocycles. The van der Waals surface area contributed by atoms with Gasteiger partial charge in [0.25, 0.3) is 0 Å². The molecule has 5 nitrogen and oxygen atoms in total. The lowest BCUT2D eigenvalue weighted by Crippen LogP contribution is -2.12. The molecular formula is C8H21NO4S. The van der Waals surface area contributed by atoms with Gasteiger partial charge < -0.3 is 4.90 Å². The van der Waals surface area contributed by atoms with E-state index in [2.05, 4.69) is 25.9 Å². The highest BCUT2D eigenvalue weighted by Crippen LogP contribution is 1.98. The first kappa shape index (κ1) is 16.3. The molecule has 0 radical (unpaired) electrons. The highest BCUT2D eigenvalue weighted by Gasteiger charge is 1.88. The largest absolute Gasteiger partial charge is 0.394 e. The first-order valence-electron chi connectivity index (χ1n) is 4.62. The van der Waals surface area contributed by atoms with Crippen molar-refractivity contribution in [3.8, 4) is 0 Å². The van der Waals surface area contributed by atoms with Crippen molar-refractivity contribution in [2.24, 2.45) is 0 Å². The zero-order valence-corrected chi connectivity index (χ0v) is 9.92. The van der Waals surface area contributed by atoms with E-state index in [0.717, 1.165) is 0 Å². The van der Waals surface area contributed by atoms with E-state index in [1.165, 1.54) is 32.2 Å². The molecule has 14 heavy (non-hydrogen) atoms. The highest BCUT2D eigenvalue weighted by molar-refractivity contribution is 7.79. The fraction of sp³-hybridized carbons (Fsp3) is 1.00. The lowest BCUT2D eigenvalue weighted by atomic mass is 10.2. The zero-order valence-electron chi connectivity index (χ0n) is 9.10. The number of rotatable bonds is 5. The van der Waals surface area contributed by atoms with E-state index in [9.17, 15) is 0 Å². The third-order valence-electron chi connectivity index (χ3n) is 1.46. The van der Waals surface area contributed by atoms with Gasteiger partial charge in [-0.1, -0.05) is 26.2 Å². The van der Waals surface area contributed by atoms with E-state index >= 15 is 0 Å². The fourth-order valence-electron chi connectivity index (χ4n) is 0.855. The smallest absolute Gasteiger partial charge is 0.309 e. The van der Waals surface area contributed by atoms with E-state index in [4.69, 9.17) is 17.5 Å². The number of unbranched alkanes of at least 4 members (excludes halogenated alkanes) is 3. The molecule has 0 fully saturated rings. The first-order chi connectivity index (χ1) is 6.27. The van der Waals surface area contributed by atoms with Crippen LogP contribution in [0.25, 0.3) is 0 Å². The summed E-state index contributed by atoms with van der Waals surface area (Å²) in [6, 6.07) is 0. The van der Waals surface area contributed by atoms with Gasteiger partial charge in [-0.3, -0.25) is 9.11 Å². The summed E-state index contributed by atoms with van der Waals surface area (Å²) in [6.45, 7) is 3.50. The summed E-state index contributed by atoms with van der Waals surface area (Å²) in [6.07, 6.45) is 5.50. The number of hydrogen-bond donors (Lipinski definition) is 2. The SMILES string of the molecule is CCCCCCN(C)C.O=S(=O)(O)O. The van der Waals surface area contributed by atoms with Gasteiger partial charge in [-0.05, 0) is 27.1 Å². The molecule has 0 aromatic heterocycles. The molecule has 0 aromatic rings. The van der Waals surface area contributed by atoms with Crippen molar-refractivity contribution in [1.29, 1.82) is 0 Å². The Morgan fingerprint density at radius 3 is 1.79 bits per heavy atom. The van der Waals surface area contributed by atoms with Crippen LogP contribution in [-0.2, 0) is 10.4 Å². The average molecular weight is 227 g/mol. The number of hydrogen-bond acceptors (Lipinski definition) is 3. The molecular weight excluding hydrogens is 206 g/mol. The van der Waals surface area contributed by atoms with Crippen LogP contribution in [-0.4, -0.2) is 43.1 Å². The highest BCUT2D eigenvalue weighted by atomic mass is 32.3. The van der Waals surface area contributed by atoms with Gasteiger partial charge in [0.1, 0.15) is 0 Å². The van der Waals surface area contributed by atoms with Gasteiger partial charge >= 0.3 is 10.4 Å². The van der Waals surface area contributed by atoms with Crippen molar-refractivity contribution in [2.45, 2.75) is 32.6 Å². The van der Waals surface area contributed by atoms with Crippen molar-refractivity contribution < 1.29 is 17.5 Å². The molecule has 6 heteroatoms. The zero-order chi connectivity index (χ0) is 11.6. The minimum Gasteiger partial charge on any atom is -0.309 e. The van der Waals surface area contributed by atoms with Crippen LogP contribution in [0.1, 0.15) is 32.6 Å². The molecule has 0 aromatic carbocycles. The van der Waals surface area contributed by atoms with Crippen LogP contribution in [0.3, 0.4) is 0 Å². The lowest BCUT2D eigenvalue weighted by molar-refractivity contribution is 0.381. The molecule has 0 saturated heterocycles. The molecule has 0 unspecified atom stereocenters. The Balaban J connectivity index is 0. The Labute approximate surface area is 86.7 Å². The Bertz CT molecular complexity index is 193. The third-order valence-corrected chi connectivity index (χ3v) is 1.46. The summed E-state index contributed by atoms with van der Waals surface area (Å²) < 4.78 is 31.6. The Morgan fingerprint density at radius 2 is 1.50 bits per heavy atom. The minimum atomic E-state index is -4.67. The van der Waals surface area contributed by atoms with Crippen LogP contribution in [0.5, 0.6) is 0 Å². The molecule has 0 heterocycles. The van der Waals surface area contributed by atoms with Gasteiger partial charge in [0.05, 0.1) is 0 Å². The molecule has 0 aliphatic heterocycles. The minimum absolute atomic E-state index is 1.25. The summed E-state index contributed by atoms with van der Waals surface area (Å²) in [4.78, 5) is 2.25. The molecule has 0 aliphatic rings. The topological polar surface area (TPSA) is 77.8 Å². The van der Waals surface area contributed by atoms with E-state index < -0.39 is 10.4 Å². The lowest BCUT2D eigenvalue weighted by Gasteiger charge is -2.07. The molecule has 0 spiro atoms. The van der Waals surface area contributed by atoms with Gasteiger partial charge in [-0.15, -0.1) is 0 Å².